The summed E-state index contributed by atoms with van der Waals surface area (Å²) in [6.07, 6.45) is 3.75. The molecule has 0 spiro atoms. The Morgan fingerprint density at radius 1 is 1.04 bits per heavy atom. The van der Waals surface area contributed by atoms with Gasteiger partial charge in [0.15, 0.2) is 6.10 Å². The van der Waals surface area contributed by atoms with Crippen LogP contribution < -0.4 is 10.1 Å². The Kier molecular flexibility index (Phi) is 13.4. The number of hydrogen-bond donors (Lipinski definition) is 6. The number of para-hydroxylation sites is 1. The normalized spacial score (nSPS) is 19.9. The van der Waals surface area contributed by atoms with Crippen LogP contribution in [0.2, 0.25) is 5.02 Å². The van der Waals surface area contributed by atoms with Crippen molar-refractivity contribution in [3.8, 4) is 16.9 Å². The van der Waals surface area contributed by atoms with Gasteiger partial charge in [-0.1, -0.05) is 48.9 Å². The number of carbonyl (C=O) groups excluding carboxylic acids is 1. The Labute approximate surface area is 316 Å². The van der Waals surface area contributed by atoms with Crippen LogP contribution in [0.5, 0.6) is 5.75 Å². The smallest absolute Gasteiger partial charge is 0.254 e. The molecule has 6 rings (SSSR count). The Hall–Kier alpha value is -3.13. The molecular formula is C41H54ClN3O8. The number of aliphatic hydroxyl groups excluding tert-OH is 5. The molecule has 6 N–H and O–H groups in total. The molecule has 5 atom stereocenters. The van der Waals surface area contributed by atoms with E-state index in [4.69, 9.17) is 26.2 Å². The minimum atomic E-state index is -1.95. The number of ether oxygens (including phenoxy) is 2. The number of aromatic nitrogens is 1. The number of amides is 1. The van der Waals surface area contributed by atoms with Crippen molar-refractivity contribution in [1.29, 1.82) is 0 Å². The van der Waals surface area contributed by atoms with Gasteiger partial charge in [-0.2, -0.15) is 0 Å². The maximum absolute atomic E-state index is 13.4. The first kappa shape index (κ1) is 39.6. The second-order valence-corrected chi connectivity index (χ2v) is 15.5. The molecule has 3 fully saturated rings. The zero-order chi connectivity index (χ0) is 37.5. The van der Waals surface area contributed by atoms with Crippen LogP contribution in [-0.4, -0.2) is 105 Å². The average Bonchev–Trinajstić information content (AvgIpc) is 4.14. The zero-order valence-electron chi connectivity index (χ0n) is 30.4. The summed E-state index contributed by atoms with van der Waals surface area (Å²) in [6, 6.07) is 16.4. The largest absolute Gasteiger partial charge is 0.490 e. The van der Waals surface area contributed by atoms with E-state index in [1.54, 1.807) is 4.90 Å². The SMILES string of the molecule is CC(CCCN(CC1CCOCC1)C(=O)[C@@H](O)[C@@H](O)[C@H](O)[C@@H](O)CO)c1ccc(Cl)c(CNC2(c3cnccc3-c3ccccc3OC3CC3)CC2)c1. The molecule has 11 nitrogen and oxygen atoms in total. The van der Waals surface area contributed by atoms with Gasteiger partial charge >= 0.3 is 0 Å². The van der Waals surface area contributed by atoms with Crippen molar-refractivity contribution in [1.82, 2.24) is 15.2 Å². The first-order valence-corrected chi connectivity index (χ1v) is 19.4. The third-order valence-corrected chi connectivity index (χ3v) is 11.4. The second kappa shape index (κ2) is 18.0. The van der Waals surface area contributed by atoms with Crippen LogP contribution >= 0.6 is 11.6 Å². The predicted molar refractivity (Wildman–Crippen MR) is 201 cm³/mol. The molecule has 0 radical (unpaired) electrons. The summed E-state index contributed by atoms with van der Waals surface area (Å²) >= 11 is 6.76. The first-order chi connectivity index (χ1) is 25.6. The van der Waals surface area contributed by atoms with Crippen molar-refractivity contribution < 1.29 is 39.8 Å². The van der Waals surface area contributed by atoms with E-state index in [0.29, 0.717) is 50.4 Å². The van der Waals surface area contributed by atoms with Gasteiger partial charge in [0.25, 0.3) is 5.91 Å². The van der Waals surface area contributed by atoms with Gasteiger partial charge in [-0.15, -0.1) is 0 Å². The summed E-state index contributed by atoms with van der Waals surface area (Å²) in [4.78, 5) is 19.5. The number of halogens is 1. The highest BCUT2D eigenvalue weighted by Gasteiger charge is 2.46. The molecule has 3 aliphatic rings. The molecule has 1 amide bonds. The van der Waals surface area contributed by atoms with Crippen molar-refractivity contribution in [3.63, 3.8) is 0 Å². The zero-order valence-corrected chi connectivity index (χ0v) is 31.2. The van der Waals surface area contributed by atoms with Crippen LogP contribution in [0.15, 0.2) is 60.9 Å². The predicted octanol–water partition coefficient (Wildman–Crippen LogP) is 4.30. The number of benzene rings is 2. The first-order valence-electron chi connectivity index (χ1n) is 19.0. The Balaban J connectivity index is 1.09. The summed E-state index contributed by atoms with van der Waals surface area (Å²) in [5, 5.41) is 54.7. The van der Waals surface area contributed by atoms with Gasteiger partial charge < -0.3 is 45.2 Å². The van der Waals surface area contributed by atoms with Gasteiger partial charge in [0.05, 0.1) is 12.7 Å². The molecule has 2 aromatic carbocycles. The van der Waals surface area contributed by atoms with Crippen molar-refractivity contribution in [2.24, 2.45) is 5.92 Å². The van der Waals surface area contributed by atoms with Crippen LogP contribution in [0, 0.1) is 5.92 Å². The van der Waals surface area contributed by atoms with Crippen molar-refractivity contribution >= 4 is 17.5 Å². The Morgan fingerprint density at radius 2 is 1.79 bits per heavy atom. The molecule has 1 aromatic heterocycles. The fourth-order valence-corrected chi connectivity index (χ4v) is 7.46. The molecule has 12 heteroatoms. The van der Waals surface area contributed by atoms with Crippen LogP contribution in [0.25, 0.3) is 11.1 Å². The van der Waals surface area contributed by atoms with Gasteiger partial charge in [-0.25, -0.2) is 0 Å². The highest BCUT2D eigenvalue weighted by atomic mass is 35.5. The lowest BCUT2D eigenvalue weighted by molar-refractivity contribution is -0.159. The third-order valence-electron chi connectivity index (χ3n) is 11.0. The van der Waals surface area contributed by atoms with E-state index in [-0.39, 0.29) is 17.4 Å². The van der Waals surface area contributed by atoms with Crippen molar-refractivity contribution in [2.75, 3.05) is 32.9 Å². The molecule has 2 saturated carbocycles. The monoisotopic (exact) mass is 751 g/mol. The highest BCUT2D eigenvalue weighted by molar-refractivity contribution is 6.31. The van der Waals surface area contributed by atoms with E-state index in [1.165, 1.54) is 0 Å². The summed E-state index contributed by atoms with van der Waals surface area (Å²) in [5.41, 5.74) is 5.27. The van der Waals surface area contributed by atoms with E-state index in [1.807, 2.05) is 42.7 Å². The van der Waals surface area contributed by atoms with Crippen LogP contribution in [-0.2, 0) is 21.6 Å². The van der Waals surface area contributed by atoms with Gasteiger partial charge in [-0.05, 0) is 104 Å². The lowest BCUT2D eigenvalue weighted by atomic mass is 9.93. The summed E-state index contributed by atoms with van der Waals surface area (Å²) in [5.74, 6) is 0.512. The number of aliphatic hydroxyl groups is 5. The molecule has 2 heterocycles. The summed E-state index contributed by atoms with van der Waals surface area (Å²) < 4.78 is 11.8. The lowest BCUT2D eigenvalue weighted by Crippen LogP contribution is -2.53. The number of nitrogens with one attached hydrogen (secondary N) is 1. The molecule has 53 heavy (non-hydrogen) atoms. The molecule has 1 saturated heterocycles. The minimum absolute atomic E-state index is 0.144. The fourth-order valence-electron chi connectivity index (χ4n) is 7.28. The maximum atomic E-state index is 13.4. The highest BCUT2D eigenvalue weighted by Crippen LogP contribution is 2.50. The molecule has 2 aliphatic carbocycles. The van der Waals surface area contributed by atoms with Crippen molar-refractivity contribution in [2.45, 2.75) is 107 Å². The van der Waals surface area contributed by atoms with Crippen LogP contribution in [0.1, 0.15) is 80.9 Å². The van der Waals surface area contributed by atoms with E-state index < -0.39 is 36.9 Å². The van der Waals surface area contributed by atoms with Gasteiger partial charge in [0.1, 0.15) is 24.1 Å². The van der Waals surface area contributed by atoms with Gasteiger partial charge in [0.2, 0.25) is 0 Å². The molecule has 0 bridgehead atoms. The quantitative estimate of drug-likeness (QED) is 0.104. The minimum Gasteiger partial charge on any atom is -0.490 e. The number of rotatable bonds is 19. The van der Waals surface area contributed by atoms with E-state index in [0.717, 1.165) is 78.5 Å². The maximum Gasteiger partial charge on any atom is 0.254 e. The number of hydrogen-bond acceptors (Lipinski definition) is 10. The van der Waals surface area contributed by atoms with E-state index >= 15 is 0 Å². The molecule has 3 aromatic rings. The molecule has 288 valence electrons. The number of carbonyl (C=O) groups is 1. The number of pyridine rings is 1. The summed E-state index contributed by atoms with van der Waals surface area (Å²) in [7, 11) is 0. The molecule has 1 unspecified atom stereocenters. The Morgan fingerprint density at radius 3 is 2.51 bits per heavy atom. The summed E-state index contributed by atoms with van der Waals surface area (Å²) in [6.45, 7) is 3.82. The third kappa shape index (κ3) is 9.95. The topological polar surface area (TPSA) is 165 Å². The molecular weight excluding hydrogens is 698 g/mol. The van der Waals surface area contributed by atoms with Crippen LogP contribution in [0.3, 0.4) is 0 Å². The van der Waals surface area contributed by atoms with Crippen LogP contribution in [0.4, 0.5) is 0 Å². The van der Waals surface area contributed by atoms with Gasteiger partial charge in [0, 0.05) is 61.4 Å². The average molecular weight is 752 g/mol. The molecule has 1 aliphatic heterocycles. The fraction of sp³-hybridized carbons (Fsp3) is 0.561. The lowest BCUT2D eigenvalue weighted by Gasteiger charge is -2.33. The standard InChI is InChI=1S/C41H54ClN3O8/c1-26(5-4-18-45(24-27-13-19-52-20-14-27)40(51)39(50)38(49)37(48)35(47)25-46)28-8-11-34(42)29(21-28)22-44-41(15-16-41)33-23-43-17-12-31(33)32-6-2-3-7-36(32)53-30-9-10-30/h2-3,6-8,11-12,17,21,23,26-27,30,35,37-39,44,46-50H,4-5,9-10,13-16,18-20,22,24-25H2,1H3/t26?,35-,37+,38-,39-/m0/s1. The Bertz CT molecular complexity index is 1660. The second-order valence-electron chi connectivity index (χ2n) is 15.1. The number of nitrogens with zero attached hydrogens (tertiary/aromatic N) is 2. The van der Waals surface area contributed by atoms with Crippen molar-refractivity contribution in [3.05, 3.63) is 82.6 Å². The van der Waals surface area contributed by atoms with E-state index in [2.05, 4.69) is 35.4 Å². The van der Waals surface area contributed by atoms with Gasteiger partial charge in [-0.3, -0.25) is 9.78 Å². The van der Waals surface area contributed by atoms with E-state index in [9.17, 15) is 25.2 Å².